The molecule has 0 spiro atoms. The minimum Gasteiger partial charge on any atom is -0.374 e. The van der Waals surface area contributed by atoms with E-state index in [-0.39, 0.29) is 17.1 Å². The van der Waals surface area contributed by atoms with E-state index in [1.807, 2.05) is 49.7 Å². The van der Waals surface area contributed by atoms with Crippen LogP contribution in [0, 0.1) is 0 Å². The van der Waals surface area contributed by atoms with Gasteiger partial charge in [0.2, 0.25) is 5.95 Å². The van der Waals surface area contributed by atoms with Crippen LogP contribution in [0.2, 0.25) is 0 Å². The molecule has 1 saturated heterocycles. The number of allylic oxidation sites excluding steroid dienone is 1. The van der Waals surface area contributed by atoms with Gasteiger partial charge in [-0.25, -0.2) is 15.0 Å². The Bertz CT molecular complexity index is 1350. The molecule has 10 heteroatoms. The lowest BCUT2D eigenvalue weighted by molar-refractivity contribution is -0.0893. The van der Waals surface area contributed by atoms with Gasteiger partial charge in [-0.15, -0.1) is 0 Å². The average Bonchev–Trinajstić information content (AvgIpc) is 3.04. The fourth-order valence-corrected chi connectivity index (χ4v) is 5.55. The van der Waals surface area contributed by atoms with E-state index in [2.05, 4.69) is 66.4 Å². The first-order valence-corrected chi connectivity index (χ1v) is 14.2. The summed E-state index contributed by atoms with van der Waals surface area (Å²) in [6.07, 6.45) is 11.3. The number of nitrogens with zero attached hydrogens (tertiary/aromatic N) is 7. The zero-order valence-electron chi connectivity index (χ0n) is 24.5. The molecule has 5 rings (SSSR count). The van der Waals surface area contributed by atoms with E-state index in [0.29, 0.717) is 25.5 Å². The Morgan fingerprint density at radius 2 is 2.08 bits per heavy atom. The molecular weight excluding hydrogens is 502 g/mol. The number of amidine groups is 1. The standard InChI is InChI=1S/C30H41N9O/c1-7-32-20-38(8-2)25-13-9-12-22(17-33-25)36-28-34-18-23-27(37-28)39(26-14-10-11-21(35-26)16-31-6)24-15-29(3,4)40-19-30(23,24)5/h9-11,13-14,17-18,20,24,31H,7-8,12,15-16,19H2,1-6H3,(H,34,36,37)/t24-,30-/m0/s1. The molecule has 0 amide bonds. The second-order valence-electron chi connectivity index (χ2n) is 11.3. The summed E-state index contributed by atoms with van der Waals surface area (Å²) in [5.74, 6) is 3.16. The summed E-state index contributed by atoms with van der Waals surface area (Å²) in [4.78, 5) is 28.3. The number of nitrogens with one attached hydrogen (secondary N) is 2. The molecule has 3 aliphatic rings. The highest BCUT2D eigenvalue weighted by Crippen LogP contribution is 2.52. The van der Waals surface area contributed by atoms with Crippen LogP contribution < -0.4 is 15.5 Å². The highest BCUT2D eigenvalue weighted by molar-refractivity contribution is 6.00. The summed E-state index contributed by atoms with van der Waals surface area (Å²) in [5, 5.41) is 6.64. The van der Waals surface area contributed by atoms with Crippen molar-refractivity contribution in [2.24, 2.45) is 9.98 Å². The fourth-order valence-electron chi connectivity index (χ4n) is 5.55. The van der Waals surface area contributed by atoms with Crippen LogP contribution in [0.4, 0.5) is 17.6 Å². The van der Waals surface area contributed by atoms with Gasteiger partial charge in [0.25, 0.3) is 0 Å². The minimum absolute atomic E-state index is 0.144. The van der Waals surface area contributed by atoms with Crippen molar-refractivity contribution in [3.63, 3.8) is 0 Å². The molecule has 2 aromatic heterocycles. The van der Waals surface area contributed by atoms with Crippen molar-refractivity contribution in [1.82, 2.24) is 25.2 Å². The van der Waals surface area contributed by atoms with Crippen molar-refractivity contribution in [3.8, 4) is 0 Å². The third-order valence-electron chi connectivity index (χ3n) is 7.77. The third kappa shape index (κ3) is 5.51. The Balaban J connectivity index is 1.49. The van der Waals surface area contributed by atoms with E-state index >= 15 is 0 Å². The van der Waals surface area contributed by atoms with Gasteiger partial charge in [-0.3, -0.25) is 4.99 Å². The molecule has 10 nitrogen and oxygen atoms in total. The van der Waals surface area contributed by atoms with Crippen LogP contribution in [0.5, 0.6) is 0 Å². The number of aromatic nitrogens is 3. The van der Waals surface area contributed by atoms with Crippen molar-refractivity contribution in [2.45, 2.75) is 71.1 Å². The Hall–Kier alpha value is -3.63. The van der Waals surface area contributed by atoms with Gasteiger partial charge in [-0.05, 0) is 59.4 Å². The van der Waals surface area contributed by atoms with Gasteiger partial charge in [0.1, 0.15) is 17.5 Å². The smallest absolute Gasteiger partial charge is 0.228 e. The van der Waals surface area contributed by atoms with E-state index < -0.39 is 0 Å². The zero-order chi connectivity index (χ0) is 28.3. The first-order chi connectivity index (χ1) is 19.3. The summed E-state index contributed by atoms with van der Waals surface area (Å²) in [7, 11) is 1.94. The molecule has 0 aromatic carbocycles. The number of hydrogen-bond donors (Lipinski definition) is 2. The topological polar surface area (TPSA) is 103 Å². The van der Waals surface area contributed by atoms with E-state index in [0.717, 1.165) is 53.9 Å². The van der Waals surface area contributed by atoms with E-state index in [1.54, 1.807) is 0 Å². The highest BCUT2D eigenvalue weighted by atomic mass is 16.5. The highest BCUT2D eigenvalue weighted by Gasteiger charge is 2.55. The summed E-state index contributed by atoms with van der Waals surface area (Å²) >= 11 is 0. The zero-order valence-corrected chi connectivity index (χ0v) is 24.5. The number of hydrogen-bond acceptors (Lipinski definition) is 9. The van der Waals surface area contributed by atoms with Crippen LogP contribution in [0.1, 0.15) is 58.7 Å². The van der Waals surface area contributed by atoms with Gasteiger partial charge < -0.3 is 25.2 Å². The number of ether oxygens (including phenoxy) is 1. The summed E-state index contributed by atoms with van der Waals surface area (Å²) < 4.78 is 6.34. The molecule has 0 saturated carbocycles. The normalized spacial score (nSPS) is 23.4. The monoisotopic (exact) mass is 543 g/mol. The predicted octanol–water partition coefficient (Wildman–Crippen LogP) is 4.55. The molecule has 2 aromatic rings. The third-order valence-corrected chi connectivity index (χ3v) is 7.77. The van der Waals surface area contributed by atoms with Gasteiger partial charge in [-0.2, -0.15) is 4.98 Å². The largest absolute Gasteiger partial charge is 0.374 e. The Morgan fingerprint density at radius 3 is 2.85 bits per heavy atom. The maximum atomic E-state index is 6.34. The van der Waals surface area contributed by atoms with Gasteiger partial charge in [0.15, 0.2) is 0 Å². The van der Waals surface area contributed by atoms with Crippen molar-refractivity contribution < 1.29 is 4.74 Å². The molecule has 40 heavy (non-hydrogen) atoms. The molecule has 2 atom stereocenters. The number of fused-ring (bicyclic) bond motifs is 3. The number of anilines is 3. The van der Waals surface area contributed by atoms with Gasteiger partial charge in [0, 0.05) is 55.1 Å². The van der Waals surface area contributed by atoms with Gasteiger partial charge in [0.05, 0.1) is 30.3 Å². The van der Waals surface area contributed by atoms with E-state index in [1.165, 1.54) is 0 Å². The molecule has 0 radical (unpaired) electrons. The first-order valence-electron chi connectivity index (χ1n) is 14.2. The second-order valence-corrected chi connectivity index (χ2v) is 11.3. The SMILES string of the molecule is CCN=CN(CC)C1=NC=C(Nc2ncc3c(n2)N(c2cccc(CNC)n2)[C@H]2CC(C)(C)OC[C@@]32C)CC=C1. The summed E-state index contributed by atoms with van der Waals surface area (Å²) in [6, 6.07) is 6.33. The van der Waals surface area contributed by atoms with Gasteiger partial charge in [-0.1, -0.05) is 19.1 Å². The lowest BCUT2D eigenvalue weighted by atomic mass is 9.73. The van der Waals surface area contributed by atoms with Crippen LogP contribution in [0.3, 0.4) is 0 Å². The van der Waals surface area contributed by atoms with Crippen molar-refractivity contribution in [3.05, 3.63) is 59.7 Å². The minimum atomic E-state index is -0.253. The summed E-state index contributed by atoms with van der Waals surface area (Å²) in [6.45, 7) is 13.5. The average molecular weight is 544 g/mol. The number of pyridine rings is 1. The Morgan fingerprint density at radius 1 is 1.23 bits per heavy atom. The predicted molar refractivity (Wildman–Crippen MR) is 161 cm³/mol. The van der Waals surface area contributed by atoms with Crippen LogP contribution in [0.15, 0.2) is 58.4 Å². The van der Waals surface area contributed by atoms with E-state index in [9.17, 15) is 0 Å². The lowest BCUT2D eigenvalue weighted by Crippen LogP contribution is -2.54. The molecular formula is C30H41N9O. The number of likely N-dealkylation sites (N-methyl/N-ethyl adjacent to an activating group) is 1. The Labute approximate surface area is 237 Å². The van der Waals surface area contributed by atoms with Crippen LogP contribution >= 0.6 is 0 Å². The molecule has 0 bridgehead atoms. The Kier molecular flexibility index (Phi) is 8.00. The molecule has 0 aliphatic carbocycles. The van der Waals surface area contributed by atoms with Crippen molar-refractivity contribution in [2.75, 3.05) is 37.0 Å². The summed E-state index contributed by atoms with van der Waals surface area (Å²) in [5.41, 5.74) is 2.49. The molecule has 212 valence electrons. The fraction of sp³-hybridized carbons (Fsp3) is 0.500. The quantitative estimate of drug-likeness (QED) is 0.369. The molecule has 5 heterocycles. The molecule has 0 unspecified atom stereocenters. The van der Waals surface area contributed by atoms with E-state index in [4.69, 9.17) is 24.7 Å². The van der Waals surface area contributed by atoms with Crippen LogP contribution in [0.25, 0.3) is 0 Å². The lowest BCUT2D eigenvalue weighted by Gasteiger charge is -2.46. The van der Waals surface area contributed by atoms with Gasteiger partial charge >= 0.3 is 0 Å². The second kappa shape index (κ2) is 11.5. The number of aliphatic imine (C=N–C) groups is 2. The van der Waals surface area contributed by atoms with Crippen LogP contribution in [-0.2, 0) is 16.7 Å². The number of rotatable bonds is 8. The molecule has 3 aliphatic heterocycles. The van der Waals surface area contributed by atoms with Crippen LogP contribution in [-0.4, -0.2) is 70.4 Å². The molecule has 2 N–H and O–H groups in total. The molecule has 1 fully saturated rings. The van der Waals surface area contributed by atoms with Crippen molar-refractivity contribution in [1.29, 1.82) is 0 Å². The van der Waals surface area contributed by atoms with Crippen molar-refractivity contribution >= 4 is 29.8 Å². The first kappa shape index (κ1) is 27.9. The maximum absolute atomic E-state index is 6.34. The maximum Gasteiger partial charge on any atom is 0.228 e.